The average Bonchev–Trinajstić information content (AvgIpc) is 2.73. The fraction of sp³-hybridized carbons (Fsp3) is 0.417. The van der Waals surface area contributed by atoms with Gasteiger partial charge in [-0.3, -0.25) is 19.7 Å². The van der Waals surface area contributed by atoms with Gasteiger partial charge in [-0.25, -0.2) is 0 Å². The van der Waals surface area contributed by atoms with Crippen molar-refractivity contribution in [3.05, 3.63) is 69.3 Å². The number of rotatable bonds is 12. The number of ketones is 1. The maximum atomic E-state index is 12.2. The summed E-state index contributed by atoms with van der Waals surface area (Å²) >= 11 is 0. The molecule has 31 heavy (non-hydrogen) atoms. The number of carbonyl (C=O) groups is 2. The molecular formula is C24H30N2O5. The van der Waals surface area contributed by atoms with Crippen molar-refractivity contribution in [1.82, 2.24) is 4.90 Å². The number of unbranched alkanes of at least 4 members (excludes halogenated alkanes) is 3. The van der Waals surface area contributed by atoms with Crippen molar-refractivity contribution >= 4 is 17.4 Å². The molecule has 0 fully saturated rings. The van der Waals surface area contributed by atoms with Gasteiger partial charge >= 0.3 is 0 Å². The van der Waals surface area contributed by atoms with Crippen LogP contribution in [0.25, 0.3) is 0 Å². The van der Waals surface area contributed by atoms with Crippen molar-refractivity contribution < 1.29 is 19.2 Å². The first-order chi connectivity index (χ1) is 14.8. The Morgan fingerprint density at radius 3 is 2.35 bits per heavy atom. The quantitative estimate of drug-likeness (QED) is 0.204. The Labute approximate surface area is 183 Å². The van der Waals surface area contributed by atoms with Crippen molar-refractivity contribution in [3.8, 4) is 5.75 Å². The highest BCUT2D eigenvalue weighted by Gasteiger charge is 2.22. The van der Waals surface area contributed by atoms with Crippen LogP contribution in [0.3, 0.4) is 0 Å². The molecule has 0 aliphatic heterocycles. The number of carbonyl (C=O) groups excluding carboxylic acids is 2. The molecule has 0 aliphatic rings. The van der Waals surface area contributed by atoms with Crippen LogP contribution in [0.15, 0.2) is 42.5 Å². The van der Waals surface area contributed by atoms with Gasteiger partial charge in [0, 0.05) is 31.6 Å². The fourth-order valence-electron chi connectivity index (χ4n) is 3.48. The topological polar surface area (TPSA) is 89.7 Å². The number of hydrogen-bond donors (Lipinski definition) is 0. The van der Waals surface area contributed by atoms with Gasteiger partial charge in [0.1, 0.15) is 11.3 Å². The Morgan fingerprint density at radius 2 is 1.71 bits per heavy atom. The third-order valence-electron chi connectivity index (χ3n) is 5.17. The van der Waals surface area contributed by atoms with E-state index < -0.39 is 4.92 Å². The zero-order valence-electron chi connectivity index (χ0n) is 18.4. The van der Waals surface area contributed by atoms with Crippen LogP contribution >= 0.6 is 0 Å². The zero-order chi connectivity index (χ0) is 22.8. The van der Waals surface area contributed by atoms with Crippen molar-refractivity contribution in [2.24, 2.45) is 0 Å². The first-order valence-electron chi connectivity index (χ1n) is 10.5. The van der Waals surface area contributed by atoms with Gasteiger partial charge in [0.15, 0.2) is 5.78 Å². The summed E-state index contributed by atoms with van der Waals surface area (Å²) in [7, 11) is 1.82. The van der Waals surface area contributed by atoms with Crippen LogP contribution in [0.1, 0.15) is 60.5 Å². The number of amides is 1. The lowest BCUT2D eigenvalue weighted by Crippen LogP contribution is -2.25. The van der Waals surface area contributed by atoms with Crippen molar-refractivity contribution in [2.45, 2.75) is 52.5 Å². The number of nitro benzene ring substituents is 1. The third-order valence-corrected chi connectivity index (χ3v) is 5.17. The molecule has 2 rings (SSSR count). The van der Waals surface area contributed by atoms with E-state index in [1.165, 1.54) is 13.0 Å². The molecule has 0 unspecified atom stereocenters. The summed E-state index contributed by atoms with van der Waals surface area (Å²) < 4.78 is 5.74. The van der Waals surface area contributed by atoms with Gasteiger partial charge in [-0.15, -0.1) is 0 Å². The van der Waals surface area contributed by atoms with E-state index in [-0.39, 0.29) is 22.9 Å². The number of ether oxygens (including phenoxy) is 1. The first-order valence-corrected chi connectivity index (χ1v) is 10.5. The highest BCUT2D eigenvalue weighted by atomic mass is 16.6. The molecule has 166 valence electrons. The average molecular weight is 427 g/mol. The Bertz CT molecular complexity index is 912. The summed E-state index contributed by atoms with van der Waals surface area (Å²) in [5.41, 5.74) is 1.51. The SMILES string of the molecule is CC(=O)c1c([N+](=O)[O-])ccc(OCCCCCCC(=O)N(C)Cc2ccccc2)c1C. The number of hydrogen-bond acceptors (Lipinski definition) is 5. The van der Waals surface area contributed by atoms with Crippen molar-refractivity contribution in [3.63, 3.8) is 0 Å². The van der Waals surface area contributed by atoms with E-state index in [9.17, 15) is 19.7 Å². The molecular weight excluding hydrogens is 396 g/mol. The van der Waals surface area contributed by atoms with E-state index in [1.807, 2.05) is 37.4 Å². The Kier molecular flexibility index (Phi) is 9.18. The molecule has 0 bridgehead atoms. The minimum atomic E-state index is -0.550. The summed E-state index contributed by atoms with van der Waals surface area (Å²) in [4.78, 5) is 36.4. The van der Waals surface area contributed by atoms with Crippen LogP contribution < -0.4 is 4.74 Å². The molecule has 0 heterocycles. The van der Waals surface area contributed by atoms with Crippen LogP contribution in [0, 0.1) is 17.0 Å². The van der Waals surface area contributed by atoms with Crippen LogP contribution in [0.2, 0.25) is 0 Å². The molecule has 0 aliphatic carbocycles. The highest BCUT2D eigenvalue weighted by Crippen LogP contribution is 2.30. The minimum absolute atomic E-state index is 0.0978. The molecule has 2 aromatic rings. The molecule has 0 aromatic heterocycles. The lowest BCUT2D eigenvalue weighted by atomic mass is 10.0. The van der Waals surface area contributed by atoms with E-state index in [0.29, 0.717) is 30.9 Å². The maximum absolute atomic E-state index is 12.2. The van der Waals surface area contributed by atoms with Crippen molar-refractivity contribution in [2.75, 3.05) is 13.7 Å². The van der Waals surface area contributed by atoms with E-state index in [2.05, 4.69) is 0 Å². The summed E-state index contributed by atoms with van der Waals surface area (Å²) in [6.45, 7) is 4.05. The van der Waals surface area contributed by atoms with Gasteiger partial charge in [0.25, 0.3) is 5.69 Å². The highest BCUT2D eigenvalue weighted by molar-refractivity contribution is 6.00. The number of benzene rings is 2. The van der Waals surface area contributed by atoms with Gasteiger partial charge in [0.05, 0.1) is 11.5 Å². The second kappa shape index (κ2) is 11.8. The Morgan fingerprint density at radius 1 is 1.03 bits per heavy atom. The second-order valence-corrected chi connectivity index (χ2v) is 7.64. The van der Waals surface area contributed by atoms with E-state index in [4.69, 9.17) is 4.74 Å². The lowest BCUT2D eigenvalue weighted by Gasteiger charge is -2.17. The molecule has 0 spiro atoms. The lowest BCUT2D eigenvalue weighted by molar-refractivity contribution is -0.385. The normalized spacial score (nSPS) is 10.5. The van der Waals surface area contributed by atoms with Gasteiger partial charge in [-0.2, -0.15) is 0 Å². The molecule has 0 radical (unpaired) electrons. The van der Waals surface area contributed by atoms with Crippen LogP contribution in [-0.2, 0) is 11.3 Å². The summed E-state index contributed by atoms with van der Waals surface area (Å²) in [6, 6.07) is 12.8. The van der Waals surface area contributed by atoms with E-state index in [0.717, 1.165) is 31.2 Å². The largest absolute Gasteiger partial charge is 0.493 e. The van der Waals surface area contributed by atoms with Gasteiger partial charge in [-0.1, -0.05) is 43.2 Å². The molecule has 0 saturated carbocycles. The van der Waals surface area contributed by atoms with Gasteiger partial charge in [0.2, 0.25) is 5.91 Å². The molecule has 2 aromatic carbocycles. The maximum Gasteiger partial charge on any atom is 0.280 e. The van der Waals surface area contributed by atoms with E-state index in [1.54, 1.807) is 17.9 Å². The van der Waals surface area contributed by atoms with Gasteiger partial charge in [-0.05, 0) is 38.3 Å². The van der Waals surface area contributed by atoms with Crippen LogP contribution in [0.5, 0.6) is 5.75 Å². The standard InChI is InChI=1S/C24H30N2O5/c1-18-22(15-14-21(26(29)30)24(18)19(2)27)31-16-10-5-4-9-13-23(28)25(3)17-20-11-7-6-8-12-20/h6-8,11-12,14-15H,4-5,9-10,13,16-17H2,1-3H3. The zero-order valence-corrected chi connectivity index (χ0v) is 18.4. The van der Waals surface area contributed by atoms with Gasteiger partial charge < -0.3 is 9.64 Å². The first kappa shape index (κ1) is 24.1. The Balaban J connectivity index is 1.69. The molecule has 7 heteroatoms. The summed E-state index contributed by atoms with van der Waals surface area (Å²) in [6.07, 6.45) is 3.99. The number of nitro groups is 1. The molecule has 7 nitrogen and oxygen atoms in total. The third kappa shape index (κ3) is 7.20. The molecule has 0 atom stereocenters. The van der Waals surface area contributed by atoms with Crippen molar-refractivity contribution in [1.29, 1.82) is 0 Å². The molecule has 1 amide bonds. The fourth-order valence-corrected chi connectivity index (χ4v) is 3.48. The molecule has 0 N–H and O–H groups in total. The number of Topliss-reactive ketones (excluding diaryl/α,β-unsaturated/α-hetero) is 1. The summed E-state index contributed by atoms with van der Waals surface area (Å²) in [5.74, 6) is 0.281. The minimum Gasteiger partial charge on any atom is -0.493 e. The smallest absolute Gasteiger partial charge is 0.280 e. The van der Waals surface area contributed by atoms with Crippen LogP contribution in [0.4, 0.5) is 5.69 Å². The summed E-state index contributed by atoms with van der Waals surface area (Å²) in [5, 5.41) is 11.1. The van der Waals surface area contributed by atoms with E-state index >= 15 is 0 Å². The second-order valence-electron chi connectivity index (χ2n) is 7.64. The number of nitrogens with zero attached hydrogens (tertiary/aromatic N) is 2. The molecule has 0 saturated heterocycles. The monoisotopic (exact) mass is 426 g/mol. The predicted molar refractivity (Wildman–Crippen MR) is 119 cm³/mol. The predicted octanol–water partition coefficient (Wildman–Crippen LogP) is 5.09. The Hall–Kier alpha value is -3.22. The van der Waals surface area contributed by atoms with Crippen LogP contribution in [-0.4, -0.2) is 35.2 Å².